The number of rotatable bonds is 5. The van der Waals surface area contributed by atoms with Crippen LogP contribution in [0.3, 0.4) is 0 Å². The Kier molecular flexibility index (Phi) is 5.12. The quantitative estimate of drug-likeness (QED) is 0.681. The SMILES string of the molecule is Cc1ccc(NC(=O)COC(=O)C23CCC(=O)N2c2ccccc2C(=O)N3C2CC2)c(Cl)c1. The van der Waals surface area contributed by atoms with E-state index < -0.39 is 24.1 Å². The molecular weight excluding hydrogens is 446 g/mol. The van der Waals surface area contributed by atoms with Crippen LogP contribution in [-0.4, -0.2) is 46.9 Å². The van der Waals surface area contributed by atoms with Crippen molar-refractivity contribution in [3.63, 3.8) is 0 Å². The minimum Gasteiger partial charge on any atom is -0.452 e. The van der Waals surface area contributed by atoms with Crippen LogP contribution in [0.1, 0.15) is 41.6 Å². The Morgan fingerprint density at radius 1 is 1.18 bits per heavy atom. The standard InChI is InChI=1S/C24H22ClN3O5/c1-14-6-9-18(17(25)12-14)26-20(29)13-33-23(32)24-11-10-21(30)28(24)19-5-3-2-4-16(19)22(31)27(24)15-7-8-15/h2-6,9,12,15H,7-8,10-11,13H2,1H3,(H,26,29). The molecule has 0 radical (unpaired) electrons. The number of para-hydroxylation sites is 1. The lowest BCUT2D eigenvalue weighted by atomic mass is 9.96. The van der Waals surface area contributed by atoms with Gasteiger partial charge in [-0.25, -0.2) is 4.79 Å². The van der Waals surface area contributed by atoms with Gasteiger partial charge >= 0.3 is 5.97 Å². The molecule has 33 heavy (non-hydrogen) atoms. The van der Waals surface area contributed by atoms with Gasteiger partial charge in [0.1, 0.15) is 0 Å². The van der Waals surface area contributed by atoms with E-state index in [0.717, 1.165) is 18.4 Å². The number of nitrogens with zero attached hydrogens (tertiary/aromatic N) is 2. The molecular formula is C24H22ClN3O5. The molecule has 2 aromatic rings. The van der Waals surface area contributed by atoms with E-state index in [2.05, 4.69) is 5.32 Å². The molecule has 0 bridgehead atoms. The number of amides is 3. The van der Waals surface area contributed by atoms with Crippen LogP contribution in [0, 0.1) is 6.92 Å². The lowest BCUT2D eigenvalue weighted by Gasteiger charge is -2.48. The number of esters is 1. The first-order valence-electron chi connectivity index (χ1n) is 10.8. The van der Waals surface area contributed by atoms with Gasteiger partial charge in [0.2, 0.25) is 11.6 Å². The number of aryl methyl sites for hydroxylation is 1. The molecule has 1 saturated heterocycles. The van der Waals surface area contributed by atoms with Crippen molar-refractivity contribution in [2.45, 2.75) is 44.3 Å². The van der Waals surface area contributed by atoms with Gasteiger partial charge in [0.15, 0.2) is 6.61 Å². The number of carbonyl (C=O) groups excluding carboxylic acids is 4. The minimum absolute atomic E-state index is 0.102. The molecule has 2 aromatic carbocycles. The fraction of sp³-hybridized carbons (Fsp3) is 0.333. The van der Waals surface area contributed by atoms with Crippen LogP contribution in [-0.2, 0) is 19.1 Å². The maximum Gasteiger partial charge on any atom is 0.354 e. The highest BCUT2D eigenvalue weighted by atomic mass is 35.5. The highest BCUT2D eigenvalue weighted by Gasteiger charge is 2.64. The molecule has 1 saturated carbocycles. The first-order valence-corrected chi connectivity index (χ1v) is 11.2. The molecule has 2 heterocycles. The summed E-state index contributed by atoms with van der Waals surface area (Å²) in [5.41, 5.74) is 0.549. The monoisotopic (exact) mass is 467 g/mol. The second kappa shape index (κ2) is 7.88. The Balaban J connectivity index is 1.41. The maximum atomic E-state index is 13.5. The second-order valence-corrected chi connectivity index (χ2v) is 8.98. The van der Waals surface area contributed by atoms with Crippen molar-refractivity contribution in [3.05, 3.63) is 58.6 Å². The van der Waals surface area contributed by atoms with Gasteiger partial charge in [-0.3, -0.25) is 19.3 Å². The van der Waals surface area contributed by atoms with E-state index in [-0.39, 0.29) is 30.7 Å². The molecule has 5 rings (SSSR count). The smallest absolute Gasteiger partial charge is 0.354 e. The molecule has 1 atom stereocenters. The first-order chi connectivity index (χ1) is 15.8. The lowest BCUT2D eigenvalue weighted by molar-refractivity contribution is -0.159. The summed E-state index contributed by atoms with van der Waals surface area (Å²) < 4.78 is 5.42. The van der Waals surface area contributed by atoms with Crippen molar-refractivity contribution >= 4 is 46.7 Å². The van der Waals surface area contributed by atoms with E-state index in [1.807, 2.05) is 6.92 Å². The normalized spacial score (nSPS) is 21.5. The summed E-state index contributed by atoms with van der Waals surface area (Å²) in [5.74, 6) is -1.91. The number of hydrogen-bond acceptors (Lipinski definition) is 5. The van der Waals surface area contributed by atoms with Gasteiger partial charge in [0.25, 0.3) is 11.8 Å². The summed E-state index contributed by atoms with van der Waals surface area (Å²) in [6.45, 7) is 1.31. The van der Waals surface area contributed by atoms with E-state index in [4.69, 9.17) is 16.3 Å². The molecule has 1 aliphatic carbocycles. The summed E-state index contributed by atoms with van der Waals surface area (Å²) in [7, 11) is 0. The van der Waals surface area contributed by atoms with Crippen LogP contribution in [0.4, 0.5) is 11.4 Å². The van der Waals surface area contributed by atoms with E-state index in [0.29, 0.717) is 22.0 Å². The third-order valence-electron chi connectivity index (χ3n) is 6.27. The highest BCUT2D eigenvalue weighted by Crippen LogP contribution is 2.49. The summed E-state index contributed by atoms with van der Waals surface area (Å²) in [4.78, 5) is 55.2. The van der Waals surface area contributed by atoms with Crippen LogP contribution in [0.5, 0.6) is 0 Å². The Morgan fingerprint density at radius 2 is 1.94 bits per heavy atom. The predicted molar refractivity (Wildman–Crippen MR) is 121 cm³/mol. The van der Waals surface area contributed by atoms with E-state index in [9.17, 15) is 19.2 Å². The van der Waals surface area contributed by atoms with Crippen LogP contribution in [0.2, 0.25) is 5.02 Å². The summed E-state index contributed by atoms with van der Waals surface area (Å²) in [5, 5.41) is 2.99. The van der Waals surface area contributed by atoms with Crippen molar-refractivity contribution in [1.29, 1.82) is 0 Å². The Morgan fingerprint density at radius 3 is 2.67 bits per heavy atom. The number of carbonyl (C=O) groups is 4. The number of halogens is 1. The van der Waals surface area contributed by atoms with Gasteiger partial charge in [0.05, 0.1) is 22.0 Å². The largest absolute Gasteiger partial charge is 0.452 e. The van der Waals surface area contributed by atoms with E-state index in [1.54, 1.807) is 42.5 Å². The molecule has 1 N–H and O–H groups in total. The molecule has 1 unspecified atom stereocenters. The lowest BCUT2D eigenvalue weighted by Crippen LogP contribution is -2.69. The average molecular weight is 468 g/mol. The van der Waals surface area contributed by atoms with E-state index in [1.165, 1.54) is 9.80 Å². The molecule has 2 fully saturated rings. The van der Waals surface area contributed by atoms with Crippen molar-refractivity contribution < 1.29 is 23.9 Å². The zero-order chi connectivity index (χ0) is 23.3. The molecule has 0 aromatic heterocycles. The Bertz CT molecular complexity index is 1190. The van der Waals surface area contributed by atoms with Crippen LogP contribution >= 0.6 is 11.6 Å². The molecule has 8 nitrogen and oxygen atoms in total. The fourth-order valence-corrected chi connectivity index (χ4v) is 4.95. The summed E-state index contributed by atoms with van der Waals surface area (Å²) in [6.07, 6.45) is 1.71. The minimum atomic E-state index is -1.58. The molecule has 9 heteroatoms. The summed E-state index contributed by atoms with van der Waals surface area (Å²) in [6, 6.07) is 11.8. The first kappa shape index (κ1) is 21.5. The maximum absolute atomic E-state index is 13.5. The number of fused-ring (bicyclic) bond motifs is 3. The average Bonchev–Trinajstić information content (AvgIpc) is 3.56. The summed E-state index contributed by atoms with van der Waals surface area (Å²) >= 11 is 6.16. The topological polar surface area (TPSA) is 96.0 Å². The third kappa shape index (κ3) is 3.45. The van der Waals surface area contributed by atoms with Crippen LogP contribution < -0.4 is 10.2 Å². The van der Waals surface area contributed by atoms with Crippen LogP contribution in [0.25, 0.3) is 0 Å². The number of hydrogen-bond donors (Lipinski definition) is 1. The van der Waals surface area contributed by atoms with Crippen molar-refractivity contribution in [2.75, 3.05) is 16.8 Å². The highest BCUT2D eigenvalue weighted by molar-refractivity contribution is 6.33. The zero-order valence-electron chi connectivity index (χ0n) is 18.0. The van der Waals surface area contributed by atoms with Gasteiger partial charge in [-0.05, 0) is 49.6 Å². The van der Waals surface area contributed by atoms with Gasteiger partial charge in [-0.2, -0.15) is 0 Å². The van der Waals surface area contributed by atoms with Gasteiger partial charge in [0, 0.05) is 18.9 Å². The van der Waals surface area contributed by atoms with Crippen molar-refractivity contribution in [2.24, 2.45) is 0 Å². The Hall–Kier alpha value is -3.39. The number of nitrogens with one attached hydrogen (secondary N) is 1. The van der Waals surface area contributed by atoms with Crippen LogP contribution in [0.15, 0.2) is 42.5 Å². The predicted octanol–water partition coefficient (Wildman–Crippen LogP) is 3.27. The van der Waals surface area contributed by atoms with Gasteiger partial charge < -0.3 is 15.0 Å². The van der Waals surface area contributed by atoms with Gasteiger partial charge in [-0.15, -0.1) is 0 Å². The molecule has 0 spiro atoms. The Labute approximate surface area is 195 Å². The zero-order valence-corrected chi connectivity index (χ0v) is 18.7. The number of ether oxygens (including phenoxy) is 1. The molecule has 3 amide bonds. The molecule has 170 valence electrons. The van der Waals surface area contributed by atoms with Crippen molar-refractivity contribution in [3.8, 4) is 0 Å². The van der Waals surface area contributed by atoms with E-state index >= 15 is 0 Å². The van der Waals surface area contributed by atoms with Crippen molar-refractivity contribution in [1.82, 2.24) is 4.90 Å². The molecule has 3 aliphatic rings. The molecule has 2 aliphatic heterocycles. The van der Waals surface area contributed by atoms with Gasteiger partial charge in [-0.1, -0.05) is 29.8 Å². The number of benzene rings is 2. The fourth-order valence-electron chi connectivity index (χ4n) is 4.67. The third-order valence-corrected chi connectivity index (χ3v) is 6.58. The number of anilines is 2. The second-order valence-electron chi connectivity index (χ2n) is 8.58.